The molecule has 0 spiro atoms. The molecule has 0 bridgehead atoms. The highest BCUT2D eigenvalue weighted by Crippen LogP contribution is 2.29. The SMILES string of the molecule is COCc1nc(Oc2ccc(F)c([C@@H]3CNCCO3)c2)cs1. The molecule has 1 fully saturated rings. The van der Waals surface area contributed by atoms with Crippen LogP contribution in [0.2, 0.25) is 0 Å². The highest BCUT2D eigenvalue weighted by atomic mass is 32.1. The van der Waals surface area contributed by atoms with Crippen LogP contribution in [0.1, 0.15) is 16.7 Å². The van der Waals surface area contributed by atoms with Crippen molar-refractivity contribution < 1.29 is 18.6 Å². The lowest BCUT2D eigenvalue weighted by Crippen LogP contribution is -2.33. The van der Waals surface area contributed by atoms with Gasteiger partial charge in [-0.15, -0.1) is 11.3 Å². The van der Waals surface area contributed by atoms with Crippen LogP contribution in [0.15, 0.2) is 23.6 Å². The van der Waals surface area contributed by atoms with E-state index in [0.29, 0.717) is 37.0 Å². The third kappa shape index (κ3) is 3.61. The first-order chi connectivity index (χ1) is 10.8. The predicted octanol–water partition coefficient (Wildman–Crippen LogP) is 2.88. The zero-order chi connectivity index (χ0) is 15.4. The van der Waals surface area contributed by atoms with Gasteiger partial charge in [-0.1, -0.05) is 0 Å². The quantitative estimate of drug-likeness (QED) is 0.916. The lowest BCUT2D eigenvalue weighted by atomic mass is 10.1. The van der Waals surface area contributed by atoms with E-state index in [0.717, 1.165) is 11.6 Å². The molecular formula is C15H17FN2O3S. The summed E-state index contributed by atoms with van der Waals surface area (Å²) in [5, 5.41) is 5.82. The van der Waals surface area contributed by atoms with Gasteiger partial charge in [-0.2, -0.15) is 0 Å². The number of hydrogen-bond donors (Lipinski definition) is 1. The van der Waals surface area contributed by atoms with Gasteiger partial charge in [0.2, 0.25) is 5.88 Å². The largest absolute Gasteiger partial charge is 0.438 e. The fraction of sp³-hybridized carbons (Fsp3) is 0.400. The molecule has 0 radical (unpaired) electrons. The van der Waals surface area contributed by atoms with Crippen LogP contribution in [0.5, 0.6) is 11.6 Å². The fourth-order valence-electron chi connectivity index (χ4n) is 2.25. The van der Waals surface area contributed by atoms with Gasteiger partial charge in [0.25, 0.3) is 0 Å². The number of aromatic nitrogens is 1. The molecule has 118 valence electrons. The van der Waals surface area contributed by atoms with Crippen molar-refractivity contribution >= 4 is 11.3 Å². The molecule has 2 aromatic rings. The number of methoxy groups -OCH3 is 1. The van der Waals surface area contributed by atoms with Crippen LogP contribution in [0.25, 0.3) is 0 Å². The van der Waals surface area contributed by atoms with Crippen LogP contribution in [0, 0.1) is 5.82 Å². The molecule has 1 N–H and O–H groups in total. The van der Waals surface area contributed by atoms with Gasteiger partial charge in [-0.25, -0.2) is 9.37 Å². The third-order valence-corrected chi connectivity index (χ3v) is 4.06. The summed E-state index contributed by atoms with van der Waals surface area (Å²) in [6, 6.07) is 4.65. The maximum absolute atomic E-state index is 14.0. The lowest BCUT2D eigenvalue weighted by Gasteiger charge is -2.24. The van der Waals surface area contributed by atoms with Gasteiger partial charge in [0.1, 0.15) is 16.6 Å². The molecule has 0 aliphatic carbocycles. The molecule has 0 amide bonds. The molecular weight excluding hydrogens is 307 g/mol. The van der Waals surface area contributed by atoms with E-state index in [1.54, 1.807) is 24.6 Å². The summed E-state index contributed by atoms with van der Waals surface area (Å²) in [5.74, 6) is 0.733. The number of benzene rings is 1. The van der Waals surface area contributed by atoms with Crippen molar-refractivity contribution in [1.82, 2.24) is 10.3 Å². The van der Waals surface area contributed by atoms with Crippen LogP contribution in [-0.4, -0.2) is 31.8 Å². The van der Waals surface area contributed by atoms with E-state index < -0.39 is 0 Å². The average molecular weight is 324 g/mol. The molecule has 7 heteroatoms. The van der Waals surface area contributed by atoms with Gasteiger partial charge >= 0.3 is 0 Å². The molecule has 1 aliphatic heterocycles. The Hall–Kier alpha value is -1.54. The van der Waals surface area contributed by atoms with E-state index >= 15 is 0 Å². The topological polar surface area (TPSA) is 52.6 Å². The Morgan fingerprint density at radius 3 is 3.18 bits per heavy atom. The molecule has 22 heavy (non-hydrogen) atoms. The monoisotopic (exact) mass is 324 g/mol. The lowest BCUT2D eigenvalue weighted by molar-refractivity contribution is 0.0254. The number of nitrogens with one attached hydrogen (secondary N) is 1. The molecule has 3 rings (SSSR count). The predicted molar refractivity (Wildman–Crippen MR) is 80.9 cm³/mol. The van der Waals surface area contributed by atoms with Crippen LogP contribution in [0.4, 0.5) is 4.39 Å². The number of morpholine rings is 1. The van der Waals surface area contributed by atoms with E-state index in [9.17, 15) is 4.39 Å². The minimum absolute atomic E-state index is 0.292. The Balaban J connectivity index is 1.75. The van der Waals surface area contributed by atoms with Crippen molar-refractivity contribution in [3.63, 3.8) is 0 Å². The molecule has 1 aliphatic rings. The van der Waals surface area contributed by atoms with Crippen molar-refractivity contribution in [1.29, 1.82) is 0 Å². The maximum Gasteiger partial charge on any atom is 0.230 e. The Morgan fingerprint density at radius 1 is 1.50 bits per heavy atom. The number of ether oxygens (including phenoxy) is 3. The first-order valence-corrected chi connectivity index (χ1v) is 7.87. The minimum Gasteiger partial charge on any atom is -0.438 e. The summed E-state index contributed by atoms with van der Waals surface area (Å²) >= 11 is 1.46. The second kappa shape index (κ2) is 7.15. The summed E-state index contributed by atoms with van der Waals surface area (Å²) in [7, 11) is 1.62. The maximum atomic E-state index is 14.0. The zero-order valence-corrected chi connectivity index (χ0v) is 13.0. The van der Waals surface area contributed by atoms with E-state index in [-0.39, 0.29) is 11.9 Å². The molecule has 1 saturated heterocycles. The second-order valence-corrected chi connectivity index (χ2v) is 5.80. The number of thiazole rings is 1. The van der Waals surface area contributed by atoms with E-state index in [1.807, 2.05) is 0 Å². The van der Waals surface area contributed by atoms with Gasteiger partial charge in [0.15, 0.2) is 0 Å². The Kier molecular flexibility index (Phi) is 4.99. The van der Waals surface area contributed by atoms with Crippen molar-refractivity contribution in [3.05, 3.63) is 40.0 Å². The highest BCUT2D eigenvalue weighted by molar-refractivity contribution is 7.09. The number of rotatable bonds is 5. The summed E-state index contributed by atoms with van der Waals surface area (Å²) in [4.78, 5) is 4.29. The number of hydrogen-bond acceptors (Lipinski definition) is 6. The van der Waals surface area contributed by atoms with Gasteiger partial charge in [0.05, 0.1) is 24.7 Å². The van der Waals surface area contributed by atoms with Gasteiger partial charge in [-0.3, -0.25) is 0 Å². The second-order valence-electron chi connectivity index (χ2n) is 4.86. The van der Waals surface area contributed by atoms with Gasteiger partial charge in [0, 0.05) is 25.8 Å². The van der Waals surface area contributed by atoms with Crippen molar-refractivity contribution in [3.8, 4) is 11.6 Å². The third-order valence-electron chi connectivity index (χ3n) is 3.26. The first-order valence-electron chi connectivity index (χ1n) is 6.99. The van der Waals surface area contributed by atoms with Crippen LogP contribution >= 0.6 is 11.3 Å². The zero-order valence-electron chi connectivity index (χ0n) is 12.2. The Labute approximate surface area is 132 Å². The van der Waals surface area contributed by atoms with Gasteiger partial charge < -0.3 is 19.5 Å². The average Bonchev–Trinajstić information content (AvgIpc) is 2.98. The standard InChI is InChI=1S/C15H17FN2O3S/c1-19-8-15-18-14(9-22-15)21-10-2-3-12(16)11(6-10)13-7-17-4-5-20-13/h2-3,6,9,13,17H,4-5,7-8H2,1H3/t13-/m0/s1. The molecule has 5 nitrogen and oxygen atoms in total. The molecule has 2 heterocycles. The van der Waals surface area contributed by atoms with Crippen molar-refractivity contribution in [2.45, 2.75) is 12.7 Å². The van der Waals surface area contributed by atoms with Crippen LogP contribution in [0.3, 0.4) is 0 Å². The smallest absolute Gasteiger partial charge is 0.230 e. The van der Waals surface area contributed by atoms with Crippen LogP contribution < -0.4 is 10.1 Å². The highest BCUT2D eigenvalue weighted by Gasteiger charge is 2.20. The molecule has 1 aromatic carbocycles. The van der Waals surface area contributed by atoms with E-state index in [2.05, 4.69) is 10.3 Å². The van der Waals surface area contributed by atoms with E-state index in [1.165, 1.54) is 17.4 Å². The first kappa shape index (κ1) is 15.4. The fourth-order valence-corrected chi connectivity index (χ4v) is 2.91. The summed E-state index contributed by atoms with van der Waals surface area (Å²) in [6.07, 6.45) is -0.295. The van der Waals surface area contributed by atoms with E-state index in [4.69, 9.17) is 14.2 Å². The molecule has 0 saturated carbocycles. The summed E-state index contributed by atoms with van der Waals surface area (Å²) in [6.45, 7) is 2.40. The summed E-state index contributed by atoms with van der Waals surface area (Å²) < 4.78 is 30.3. The molecule has 1 aromatic heterocycles. The normalized spacial score (nSPS) is 18.4. The summed E-state index contributed by atoms with van der Waals surface area (Å²) in [5.41, 5.74) is 0.497. The van der Waals surface area contributed by atoms with Crippen molar-refractivity contribution in [2.75, 3.05) is 26.8 Å². The number of nitrogens with zero attached hydrogens (tertiary/aromatic N) is 1. The molecule has 1 atom stereocenters. The Morgan fingerprint density at radius 2 is 2.41 bits per heavy atom. The minimum atomic E-state index is -0.295. The molecule has 0 unspecified atom stereocenters. The van der Waals surface area contributed by atoms with Crippen molar-refractivity contribution in [2.24, 2.45) is 0 Å². The Bertz CT molecular complexity index is 629. The number of halogens is 1. The van der Waals surface area contributed by atoms with Crippen LogP contribution in [-0.2, 0) is 16.1 Å². The van der Waals surface area contributed by atoms with Gasteiger partial charge in [-0.05, 0) is 18.2 Å².